The molecule has 0 aromatic heterocycles. The van der Waals surface area contributed by atoms with Crippen LogP contribution in [0.3, 0.4) is 0 Å². The summed E-state index contributed by atoms with van der Waals surface area (Å²) in [6.45, 7) is 0. The Balaban J connectivity index is 2.03. The summed E-state index contributed by atoms with van der Waals surface area (Å²) in [7, 11) is 0. The van der Waals surface area contributed by atoms with Crippen molar-refractivity contribution in [3.63, 3.8) is 0 Å². The van der Waals surface area contributed by atoms with Crippen molar-refractivity contribution in [2.24, 2.45) is 0 Å². The highest BCUT2D eigenvalue weighted by molar-refractivity contribution is 5.74. The number of hydrogen-bond donors (Lipinski definition) is 4. The summed E-state index contributed by atoms with van der Waals surface area (Å²) in [4.78, 5) is 10.8. The van der Waals surface area contributed by atoms with Crippen LogP contribution < -0.4 is 21.1 Å². The fourth-order valence-corrected chi connectivity index (χ4v) is 1.30. The molecule has 0 bridgehead atoms. The first kappa shape index (κ1) is 10.8. The Labute approximate surface area is 90.3 Å². The zero-order chi connectivity index (χ0) is 11.5. The summed E-state index contributed by atoms with van der Waals surface area (Å²) in [5.41, 5.74) is 7.53. The number of rotatable bonds is 3. The molecule has 0 amide bonds. The summed E-state index contributed by atoms with van der Waals surface area (Å²) in [5, 5.41) is 8.82. The van der Waals surface area contributed by atoms with Gasteiger partial charge in [0.05, 0.1) is 0 Å². The SMILES string of the molecule is O=C(O)C1NNNC1Oc1ccc(F)cc1. The van der Waals surface area contributed by atoms with Crippen molar-refractivity contribution in [3.8, 4) is 5.75 Å². The second-order valence-corrected chi connectivity index (χ2v) is 3.22. The van der Waals surface area contributed by atoms with E-state index in [-0.39, 0.29) is 5.82 Å². The first-order chi connectivity index (χ1) is 7.66. The fourth-order valence-electron chi connectivity index (χ4n) is 1.30. The number of halogens is 1. The molecule has 0 spiro atoms. The Morgan fingerprint density at radius 3 is 2.62 bits per heavy atom. The van der Waals surface area contributed by atoms with Gasteiger partial charge in [0, 0.05) is 0 Å². The maximum Gasteiger partial charge on any atom is 0.327 e. The number of ether oxygens (including phenoxy) is 1. The van der Waals surface area contributed by atoms with E-state index in [4.69, 9.17) is 9.84 Å². The molecule has 1 aliphatic heterocycles. The van der Waals surface area contributed by atoms with Crippen molar-refractivity contribution in [3.05, 3.63) is 30.1 Å². The van der Waals surface area contributed by atoms with E-state index in [9.17, 15) is 9.18 Å². The third-order valence-electron chi connectivity index (χ3n) is 2.09. The molecule has 1 saturated heterocycles. The average molecular weight is 227 g/mol. The lowest BCUT2D eigenvalue weighted by Gasteiger charge is -2.16. The van der Waals surface area contributed by atoms with E-state index in [0.29, 0.717) is 5.75 Å². The molecule has 1 aliphatic rings. The fraction of sp³-hybridized carbons (Fsp3) is 0.222. The number of aliphatic carboxylic acids is 1. The highest BCUT2D eigenvalue weighted by Crippen LogP contribution is 2.14. The van der Waals surface area contributed by atoms with Gasteiger partial charge in [-0.1, -0.05) is 0 Å². The standard InChI is InChI=1S/C9H10FN3O3/c10-5-1-3-6(4-2-5)16-8-7(9(14)15)11-13-12-8/h1-4,7-8,11-13H,(H,14,15). The van der Waals surface area contributed by atoms with Gasteiger partial charge in [0.25, 0.3) is 0 Å². The highest BCUT2D eigenvalue weighted by Gasteiger charge is 2.34. The van der Waals surface area contributed by atoms with E-state index >= 15 is 0 Å². The van der Waals surface area contributed by atoms with Crippen molar-refractivity contribution in [2.45, 2.75) is 12.3 Å². The molecule has 0 saturated carbocycles. The second-order valence-electron chi connectivity index (χ2n) is 3.22. The summed E-state index contributed by atoms with van der Waals surface area (Å²) < 4.78 is 17.9. The van der Waals surface area contributed by atoms with Crippen LogP contribution in [0.15, 0.2) is 24.3 Å². The summed E-state index contributed by atoms with van der Waals surface area (Å²) >= 11 is 0. The molecule has 4 N–H and O–H groups in total. The molecule has 7 heteroatoms. The third-order valence-corrected chi connectivity index (χ3v) is 2.09. The van der Waals surface area contributed by atoms with Gasteiger partial charge in [-0.15, -0.1) is 0 Å². The number of nitrogens with one attached hydrogen (secondary N) is 3. The Hall–Kier alpha value is -1.70. The van der Waals surface area contributed by atoms with Crippen molar-refractivity contribution in [2.75, 3.05) is 0 Å². The highest BCUT2D eigenvalue weighted by atomic mass is 19.1. The Kier molecular flexibility index (Phi) is 3.00. The Bertz CT molecular complexity index is 384. The molecule has 86 valence electrons. The minimum Gasteiger partial charge on any atom is -0.480 e. The minimum atomic E-state index is -1.05. The first-order valence-corrected chi connectivity index (χ1v) is 4.58. The molecule has 2 atom stereocenters. The maximum atomic E-state index is 12.6. The third kappa shape index (κ3) is 2.27. The van der Waals surface area contributed by atoms with Gasteiger partial charge in [-0.25, -0.2) is 15.2 Å². The van der Waals surface area contributed by atoms with Gasteiger partial charge in [-0.2, -0.15) is 5.53 Å². The van der Waals surface area contributed by atoms with E-state index in [0.717, 1.165) is 0 Å². The van der Waals surface area contributed by atoms with Crippen LogP contribution in [0.5, 0.6) is 5.75 Å². The van der Waals surface area contributed by atoms with Gasteiger partial charge in [0.2, 0.25) is 0 Å². The topological polar surface area (TPSA) is 82.6 Å². The van der Waals surface area contributed by atoms with E-state index in [1.807, 2.05) is 0 Å². The van der Waals surface area contributed by atoms with Crippen molar-refractivity contribution >= 4 is 5.97 Å². The average Bonchev–Trinajstić information content (AvgIpc) is 2.69. The Morgan fingerprint density at radius 2 is 2.00 bits per heavy atom. The normalized spacial score (nSPS) is 24.3. The lowest BCUT2D eigenvalue weighted by atomic mass is 10.3. The van der Waals surface area contributed by atoms with E-state index in [1.54, 1.807) is 0 Å². The van der Waals surface area contributed by atoms with Gasteiger partial charge >= 0.3 is 5.97 Å². The molecule has 2 rings (SSSR count). The number of hydrogen-bond acceptors (Lipinski definition) is 5. The van der Waals surface area contributed by atoms with Gasteiger partial charge in [-0.3, -0.25) is 4.79 Å². The predicted molar refractivity (Wildman–Crippen MR) is 51.6 cm³/mol. The minimum absolute atomic E-state index is 0.377. The second kappa shape index (κ2) is 4.44. The van der Waals surface area contributed by atoms with Crippen LogP contribution in [-0.4, -0.2) is 23.3 Å². The molecule has 16 heavy (non-hydrogen) atoms. The Morgan fingerprint density at radius 1 is 1.31 bits per heavy atom. The largest absolute Gasteiger partial charge is 0.480 e. The van der Waals surface area contributed by atoms with Crippen LogP contribution in [0.25, 0.3) is 0 Å². The van der Waals surface area contributed by atoms with Gasteiger partial charge < -0.3 is 9.84 Å². The molecular weight excluding hydrogens is 217 g/mol. The maximum absolute atomic E-state index is 12.6. The molecule has 1 aromatic carbocycles. The summed E-state index contributed by atoms with van der Waals surface area (Å²) in [5.74, 6) is -1.04. The van der Waals surface area contributed by atoms with Crippen LogP contribution in [0, 0.1) is 5.82 Å². The van der Waals surface area contributed by atoms with Crippen LogP contribution in [0.2, 0.25) is 0 Å². The van der Waals surface area contributed by atoms with Crippen LogP contribution in [0.1, 0.15) is 0 Å². The quantitative estimate of drug-likeness (QED) is 0.562. The van der Waals surface area contributed by atoms with Crippen molar-refractivity contribution in [1.29, 1.82) is 0 Å². The lowest BCUT2D eigenvalue weighted by Crippen LogP contribution is -2.44. The van der Waals surface area contributed by atoms with E-state index in [1.165, 1.54) is 24.3 Å². The number of carboxylic acids is 1. The first-order valence-electron chi connectivity index (χ1n) is 4.58. The molecular formula is C9H10FN3O3. The van der Waals surface area contributed by atoms with Gasteiger partial charge in [0.15, 0.2) is 12.3 Å². The number of carboxylic acid groups (broad SMARTS) is 1. The van der Waals surface area contributed by atoms with Crippen LogP contribution in [0.4, 0.5) is 4.39 Å². The van der Waals surface area contributed by atoms with E-state index < -0.39 is 18.2 Å². The van der Waals surface area contributed by atoms with Gasteiger partial charge in [0.1, 0.15) is 11.6 Å². The number of hydrazine groups is 2. The monoisotopic (exact) mass is 227 g/mol. The molecule has 2 unspecified atom stereocenters. The summed E-state index contributed by atoms with van der Waals surface area (Å²) in [6, 6.07) is 4.41. The molecule has 1 heterocycles. The van der Waals surface area contributed by atoms with Crippen molar-refractivity contribution < 1.29 is 19.0 Å². The zero-order valence-electron chi connectivity index (χ0n) is 8.11. The smallest absolute Gasteiger partial charge is 0.327 e. The predicted octanol–water partition coefficient (Wildman–Crippen LogP) is -0.404. The van der Waals surface area contributed by atoms with Crippen LogP contribution >= 0.6 is 0 Å². The zero-order valence-corrected chi connectivity index (χ0v) is 8.11. The van der Waals surface area contributed by atoms with Crippen molar-refractivity contribution in [1.82, 2.24) is 16.4 Å². The molecule has 1 aromatic rings. The van der Waals surface area contributed by atoms with Crippen LogP contribution in [-0.2, 0) is 4.79 Å². The van der Waals surface area contributed by atoms with Gasteiger partial charge in [-0.05, 0) is 24.3 Å². The lowest BCUT2D eigenvalue weighted by molar-refractivity contribution is -0.141. The summed E-state index contributed by atoms with van der Waals surface area (Å²) in [6.07, 6.45) is -0.761. The molecule has 0 aliphatic carbocycles. The number of benzene rings is 1. The molecule has 6 nitrogen and oxygen atoms in total. The molecule has 0 radical (unpaired) electrons. The number of carbonyl (C=O) groups is 1. The molecule has 1 fully saturated rings. The van der Waals surface area contributed by atoms with E-state index in [2.05, 4.69) is 16.4 Å².